The Bertz CT molecular complexity index is 348. The molecule has 9 heteroatoms. The summed E-state index contributed by atoms with van der Waals surface area (Å²) in [5.74, 6) is -3.53. The highest BCUT2D eigenvalue weighted by Gasteiger charge is 2.65. The monoisotopic (exact) mass is 257 g/mol. The molecular formula is C8H10F3NO5. The van der Waals surface area contributed by atoms with E-state index in [9.17, 15) is 18.0 Å². The Labute approximate surface area is 93.1 Å². The third kappa shape index (κ3) is 2.67. The van der Waals surface area contributed by atoms with Gasteiger partial charge < -0.3 is 20.7 Å². The molecule has 2 bridgehead atoms. The fraction of sp³-hybridized carbons (Fsp3) is 0.750. The Hall–Kier alpha value is -1.35. The second kappa shape index (κ2) is 3.84. The summed E-state index contributed by atoms with van der Waals surface area (Å²) in [5, 5.41) is 15.8. The minimum absolute atomic E-state index is 0.291. The van der Waals surface area contributed by atoms with E-state index in [0.29, 0.717) is 19.4 Å². The molecule has 0 aromatic heterocycles. The maximum absolute atomic E-state index is 10.6. The zero-order chi connectivity index (χ0) is 13.5. The van der Waals surface area contributed by atoms with Gasteiger partial charge in [-0.15, -0.1) is 0 Å². The molecule has 0 atom stereocenters. The first-order valence-electron chi connectivity index (χ1n) is 4.47. The molecule has 0 spiro atoms. The van der Waals surface area contributed by atoms with Crippen LogP contribution in [0.1, 0.15) is 12.8 Å². The van der Waals surface area contributed by atoms with E-state index in [2.05, 4.69) is 0 Å². The second-order valence-electron chi connectivity index (χ2n) is 4.10. The normalized spacial score (nSPS) is 34.4. The van der Waals surface area contributed by atoms with Crippen molar-refractivity contribution in [1.29, 1.82) is 0 Å². The summed E-state index contributed by atoms with van der Waals surface area (Å²) in [4.78, 5) is 19.5. The number of carboxylic acid groups (broad SMARTS) is 2. The predicted molar refractivity (Wildman–Crippen MR) is 45.9 cm³/mol. The van der Waals surface area contributed by atoms with Crippen molar-refractivity contribution >= 4 is 11.9 Å². The van der Waals surface area contributed by atoms with Crippen LogP contribution in [0.3, 0.4) is 0 Å². The summed E-state index contributed by atoms with van der Waals surface area (Å²) in [6.45, 7) is 0.291. The molecule has 0 unspecified atom stereocenters. The number of ether oxygens (including phenoxy) is 1. The predicted octanol–water partition coefficient (Wildman–Crippen LogP) is 0.170. The third-order valence-electron chi connectivity index (χ3n) is 2.61. The van der Waals surface area contributed by atoms with Gasteiger partial charge in [0.15, 0.2) is 0 Å². The van der Waals surface area contributed by atoms with Crippen molar-refractivity contribution < 1.29 is 37.7 Å². The molecule has 3 aliphatic rings. The number of aliphatic carboxylic acids is 2. The van der Waals surface area contributed by atoms with Gasteiger partial charge in [-0.3, -0.25) is 4.79 Å². The van der Waals surface area contributed by atoms with Gasteiger partial charge in [-0.25, -0.2) is 4.79 Å². The number of fused-ring (bicyclic) bond motifs is 1. The summed E-state index contributed by atoms with van der Waals surface area (Å²) >= 11 is 0. The first-order chi connectivity index (χ1) is 7.51. The van der Waals surface area contributed by atoms with E-state index in [4.69, 9.17) is 25.5 Å². The van der Waals surface area contributed by atoms with Crippen LogP contribution in [0.25, 0.3) is 0 Å². The van der Waals surface area contributed by atoms with Gasteiger partial charge in [0, 0.05) is 12.8 Å². The number of carboxylic acids is 2. The van der Waals surface area contributed by atoms with Crippen molar-refractivity contribution in [3.63, 3.8) is 0 Å². The van der Waals surface area contributed by atoms with Crippen molar-refractivity contribution in [2.75, 3.05) is 6.61 Å². The summed E-state index contributed by atoms with van der Waals surface area (Å²) in [6, 6.07) is 0. The van der Waals surface area contributed by atoms with Crippen molar-refractivity contribution in [2.24, 2.45) is 11.1 Å². The van der Waals surface area contributed by atoms with Crippen LogP contribution in [0, 0.1) is 5.41 Å². The minimum Gasteiger partial charge on any atom is -0.481 e. The summed E-state index contributed by atoms with van der Waals surface area (Å²) in [7, 11) is 0. The largest absolute Gasteiger partial charge is 0.490 e. The average molecular weight is 257 g/mol. The van der Waals surface area contributed by atoms with E-state index >= 15 is 0 Å². The van der Waals surface area contributed by atoms with Crippen molar-refractivity contribution in [2.45, 2.75) is 24.7 Å². The molecule has 2 aliphatic heterocycles. The zero-order valence-electron chi connectivity index (χ0n) is 8.45. The van der Waals surface area contributed by atoms with E-state index in [1.165, 1.54) is 0 Å². The van der Waals surface area contributed by atoms with Gasteiger partial charge in [0.2, 0.25) is 0 Å². The molecule has 0 aromatic carbocycles. The van der Waals surface area contributed by atoms with Gasteiger partial charge in [-0.1, -0.05) is 0 Å². The van der Waals surface area contributed by atoms with Crippen LogP contribution in [0.4, 0.5) is 13.2 Å². The molecule has 2 heterocycles. The van der Waals surface area contributed by atoms with Crippen LogP contribution in [0.5, 0.6) is 0 Å². The van der Waals surface area contributed by atoms with E-state index in [1.54, 1.807) is 0 Å². The number of nitrogens with two attached hydrogens (primary N) is 1. The SMILES string of the molecule is NC12CC(C(=O)O)(CO1)C2.O=C(O)C(F)(F)F. The lowest BCUT2D eigenvalue weighted by atomic mass is 9.67. The van der Waals surface area contributed by atoms with Crippen molar-refractivity contribution in [1.82, 2.24) is 0 Å². The molecule has 1 aliphatic carbocycles. The third-order valence-corrected chi connectivity index (χ3v) is 2.61. The Morgan fingerprint density at radius 2 is 1.65 bits per heavy atom. The smallest absolute Gasteiger partial charge is 0.481 e. The molecule has 17 heavy (non-hydrogen) atoms. The minimum atomic E-state index is -5.08. The van der Waals surface area contributed by atoms with Gasteiger partial charge in [0.1, 0.15) is 5.72 Å². The van der Waals surface area contributed by atoms with Crippen LogP contribution in [-0.4, -0.2) is 40.7 Å². The summed E-state index contributed by atoms with van der Waals surface area (Å²) in [6.07, 6.45) is -4.12. The lowest BCUT2D eigenvalue weighted by Gasteiger charge is -2.38. The number of hydrogen-bond acceptors (Lipinski definition) is 4. The maximum atomic E-state index is 10.6. The molecule has 6 nitrogen and oxygen atoms in total. The van der Waals surface area contributed by atoms with Gasteiger partial charge in [0.25, 0.3) is 0 Å². The van der Waals surface area contributed by atoms with Crippen LogP contribution in [-0.2, 0) is 14.3 Å². The molecule has 4 N–H and O–H groups in total. The summed E-state index contributed by atoms with van der Waals surface area (Å²) < 4.78 is 36.8. The fourth-order valence-electron chi connectivity index (χ4n) is 1.79. The van der Waals surface area contributed by atoms with Crippen LogP contribution < -0.4 is 5.73 Å². The number of alkyl halides is 3. The Kier molecular flexibility index (Phi) is 3.10. The molecule has 0 amide bonds. The van der Waals surface area contributed by atoms with Crippen molar-refractivity contribution in [3.05, 3.63) is 0 Å². The molecule has 98 valence electrons. The highest BCUT2D eigenvalue weighted by atomic mass is 19.4. The second-order valence-corrected chi connectivity index (χ2v) is 4.10. The van der Waals surface area contributed by atoms with Crippen molar-refractivity contribution in [3.8, 4) is 0 Å². The highest BCUT2D eigenvalue weighted by Crippen LogP contribution is 2.54. The van der Waals surface area contributed by atoms with E-state index < -0.39 is 29.3 Å². The molecule has 3 fully saturated rings. The van der Waals surface area contributed by atoms with Gasteiger partial charge >= 0.3 is 18.1 Å². The molecule has 2 saturated heterocycles. The van der Waals surface area contributed by atoms with E-state index in [1.807, 2.05) is 0 Å². The Balaban J connectivity index is 0.000000185. The molecule has 0 aromatic rings. The number of carbonyl (C=O) groups is 2. The van der Waals surface area contributed by atoms with Crippen LogP contribution in [0.2, 0.25) is 0 Å². The molecule has 3 rings (SSSR count). The summed E-state index contributed by atoms with van der Waals surface area (Å²) in [5.41, 5.74) is 4.35. The quantitative estimate of drug-likeness (QED) is 0.617. The van der Waals surface area contributed by atoms with Crippen LogP contribution in [0.15, 0.2) is 0 Å². The van der Waals surface area contributed by atoms with Crippen LogP contribution >= 0.6 is 0 Å². The Morgan fingerprint density at radius 1 is 1.24 bits per heavy atom. The molecular weight excluding hydrogens is 247 g/mol. The molecule has 1 saturated carbocycles. The topological polar surface area (TPSA) is 110 Å². The van der Waals surface area contributed by atoms with E-state index in [0.717, 1.165) is 0 Å². The maximum Gasteiger partial charge on any atom is 0.490 e. The number of hydrogen-bond donors (Lipinski definition) is 3. The Morgan fingerprint density at radius 3 is 1.76 bits per heavy atom. The number of rotatable bonds is 1. The lowest BCUT2D eigenvalue weighted by molar-refractivity contribution is -0.192. The number of halogens is 3. The fourth-order valence-corrected chi connectivity index (χ4v) is 1.79. The highest BCUT2D eigenvalue weighted by molar-refractivity contribution is 5.77. The first-order valence-corrected chi connectivity index (χ1v) is 4.47. The van der Waals surface area contributed by atoms with Gasteiger partial charge in [-0.2, -0.15) is 13.2 Å². The first kappa shape index (κ1) is 13.7. The van der Waals surface area contributed by atoms with Gasteiger partial charge in [-0.05, 0) is 0 Å². The zero-order valence-corrected chi connectivity index (χ0v) is 8.45. The average Bonchev–Trinajstić information content (AvgIpc) is 2.57. The van der Waals surface area contributed by atoms with E-state index in [-0.39, 0.29) is 0 Å². The lowest BCUT2D eigenvalue weighted by Crippen LogP contribution is -2.54. The molecule has 0 radical (unpaired) electrons. The van der Waals surface area contributed by atoms with Gasteiger partial charge in [0.05, 0.1) is 12.0 Å². The standard InChI is InChI=1S/C6H9NO3.C2HF3O2/c7-6-1-5(2-6,3-10-6)4(8)9;3-2(4,5)1(6)7/h1-3,7H2,(H,8,9);(H,6,7).